The molecule has 0 aliphatic carbocycles. The lowest BCUT2D eigenvalue weighted by Gasteiger charge is -2.12. The summed E-state index contributed by atoms with van der Waals surface area (Å²) in [7, 11) is 3.94. The number of carbonyl (C=O) groups is 1. The fourth-order valence-corrected chi connectivity index (χ4v) is 2.85. The van der Waals surface area contributed by atoms with Crippen LogP contribution < -0.4 is 16.0 Å². The SMILES string of the molecule is CN(C)c1ccc(CNC(=O)Cn2nc(-c3cccs3)oc2=O)cc1. The predicted molar refractivity (Wildman–Crippen MR) is 96.7 cm³/mol. The maximum absolute atomic E-state index is 12.1. The molecule has 0 radical (unpaired) electrons. The van der Waals surface area contributed by atoms with Gasteiger partial charge in [0.15, 0.2) is 0 Å². The number of hydrogen-bond donors (Lipinski definition) is 1. The molecule has 1 aromatic carbocycles. The summed E-state index contributed by atoms with van der Waals surface area (Å²) in [6, 6.07) is 11.5. The summed E-state index contributed by atoms with van der Waals surface area (Å²) in [6.07, 6.45) is 0. The molecule has 0 spiro atoms. The van der Waals surface area contributed by atoms with Crippen molar-refractivity contribution in [1.29, 1.82) is 0 Å². The Morgan fingerprint density at radius 3 is 2.68 bits per heavy atom. The molecule has 1 N–H and O–H groups in total. The number of benzene rings is 1. The molecule has 1 amide bonds. The highest BCUT2D eigenvalue weighted by atomic mass is 32.1. The lowest BCUT2D eigenvalue weighted by molar-refractivity contribution is -0.122. The van der Waals surface area contributed by atoms with E-state index in [1.165, 1.54) is 11.3 Å². The normalized spacial score (nSPS) is 10.6. The maximum Gasteiger partial charge on any atom is 0.437 e. The standard InChI is InChI=1S/C17H18N4O3S/c1-20(2)13-7-5-12(6-8-13)10-18-15(22)11-21-17(23)24-16(19-21)14-4-3-9-25-14/h3-9H,10-11H2,1-2H3,(H,18,22). The minimum Gasteiger partial charge on any atom is -0.387 e. The number of aromatic nitrogens is 2. The first-order valence-electron chi connectivity index (χ1n) is 7.68. The average Bonchev–Trinajstić information content (AvgIpc) is 3.24. The van der Waals surface area contributed by atoms with Crippen LogP contribution in [0.15, 0.2) is 51.0 Å². The van der Waals surface area contributed by atoms with Gasteiger partial charge in [0.25, 0.3) is 5.89 Å². The van der Waals surface area contributed by atoms with Crippen molar-refractivity contribution >= 4 is 22.9 Å². The second-order valence-electron chi connectivity index (χ2n) is 5.65. The molecule has 7 nitrogen and oxygen atoms in total. The van der Waals surface area contributed by atoms with E-state index in [0.717, 1.165) is 20.8 Å². The maximum atomic E-state index is 12.1. The zero-order chi connectivity index (χ0) is 17.8. The van der Waals surface area contributed by atoms with Gasteiger partial charge in [0.2, 0.25) is 5.91 Å². The van der Waals surface area contributed by atoms with Gasteiger partial charge in [-0.3, -0.25) is 4.79 Å². The Labute approximate surface area is 148 Å². The van der Waals surface area contributed by atoms with Crippen molar-refractivity contribution in [1.82, 2.24) is 15.1 Å². The van der Waals surface area contributed by atoms with E-state index in [0.29, 0.717) is 6.54 Å². The van der Waals surface area contributed by atoms with Crippen molar-refractivity contribution in [3.8, 4) is 10.8 Å². The number of carbonyl (C=O) groups excluding carboxylic acids is 1. The fourth-order valence-electron chi connectivity index (χ4n) is 2.21. The van der Waals surface area contributed by atoms with Crippen LogP contribution >= 0.6 is 11.3 Å². The monoisotopic (exact) mass is 358 g/mol. The number of nitrogens with one attached hydrogen (secondary N) is 1. The number of hydrogen-bond acceptors (Lipinski definition) is 6. The molecule has 0 saturated carbocycles. The van der Waals surface area contributed by atoms with E-state index >= 15 is 0 Å². The van der Waals surface area contributed by atoms with Gasteiger partial charge in [-0.25, -0.2) is 4.79 Å². The summed E-state index contributed by atoms with van der Waals surface area (Å²) in [4.78, 5) is 26.6. The van der Waals surface area contributed by atoms with Crippen LogP contribution in [0.4, 0.5) is 5.69 Å². The van der Waals surface area contributed by atoms with Gasteiger partial charge in [-0.05, 0) is 29.1 Å². The third kappa shape index (κ3) is 4.16. The van der Waals surface area contributed by atoms with Gasteiger partial charge in [-0.2, -0.15) is 4.68 Å². The zero-order valence-electron chi connectivity index (χ0n) is 13.9. The first-order valence-corrected chi connectivity index (χ1v) is 8.55. The lowest BCUT2D eigenvalue weighted by atomic mass is 10.2. The van der Waals surface area contributed by atoms with Gasteiger partial charge in [0.05, 0.1) is 4.88 Å². The molecule has 0 bridgehead atoms. The van der Waals surface area contributed by atoms with Gasteiger partial charge in [0, 0.05) is 26.3 Å². The molecule has 25 heavy (non-hydrogen) atoms. The highest BCUT2D eigenvalue weighted by molar-refractivity contribution is 7.13. The summed E-state index contributed by atoms with van der Waals surface area (Å²) in [5.74, 6) is -0.717. The van der Waals surface area contributed by atoms with Gasteiger partial charge in [-0.1, -0.05) is 18.2 Å². The van der Waals surface area contributed by atoms with Crippen molar-refractivity contribution in [2.24, 2.45) is 0 Å². The minimum absolute atomic E-state index is 0.177. The quantitative estimate of drug-likeness (QED) is 0.728. The van der Waals surface area contributed by atoms with Gasteiger partial charge < -0.3 is 14.6 Å². The molecule has 0 unspecified atom stereocenters. The minimum atomic E-state index is -0.645. The van der Waals surface area contributed by atoms with Crippen LogP contribution in [-0.4, -0.2) is 29.8 Å². The topological polar surface area (TPSA) is 80.4 Å². The Balaban J connectivity index is 1.58. The Bertz CT molecular complexity index is 895. The molecule has 2 aromatic heterocycles. The second kappa shape index (κ2) is 7.35. The molecule has 0 fully saturated rings. The smallest absolute Gasteiger partial charge is 0.387 e. The fraction of sp³-hybridized carbons (Fsp3) is 0.235. The summed E-state index contributed by atoms with van der Waals surface area (Å²) in [5, 5.41) is 8.70. The number of rotatable bonds is 6. The molecule has 3 aromatic rings. The average molecular weight is 358 g/mol. The molecule has 130 valence electrons. The number of thiophene rings is 1. The lowest BCUT2D eigenvalue weighted by Crippen LogP contribution is -2.31. The number of amides is 1. The van der Waals surface area contributed by atoms with E-state index in [2.05, 4.69) is 10.4 Å². The largest absolute Gasteiger partial charge is 0.437 e. The summed E-state index contributed by atoms with van der Waals surface area (Å²) in [5.41, 5.74) is 2.07. The van der Waals surface area contributed by atoms with Crippen LogP contribution in [0.1, 0.15) is 5.56 Å². The van der Waals surface area contributed by atoms with Crippen molar-refractivity contribution in [2.75, 3.05) is 19.0 Å². The first-order chi connectivity index (χ1) is 12.0. The molecule has 0 aliphatic rings. The molecule has 0 saturated heterocycles. The van der Waals surface area contributed by atoms with Gasteiger partial charge in [-0.15, -0.1) is 16.4 Å². The Morgan fingerprint density at radius 1 is 1.28 bits per heavy atom. The van der Waals surface area contributed by atoms with Crippen molar-refractivity contribution < 1.29 is 9.21 Å². The third-order valence-corrected chi connectivity index (χ3v) is 4.43. The molecular formula is C17H18N4O3S. The van der Waals surface area contributed by atoms with Crippen molar-refractivity contribution in [3.05, 3.63) is 57.9 Å². The van der Waals surface area contributed by atoms with E-state index in [-0.39, 0.29) is 18.3 Å². The molecular weight excluding hydrogens is 340 g/mol. The summed E-state index contributed by atoms with van der Waals surface area (Å²) < 4.78 is 6.11. The Morgan fingerprint density at radius 2 is 2.04 bits per heavy atom. The molecule has 3 rings (SSSR count). The molecule has 0 aliphatic heterocycles. The molecule has 0 atom stereocenters. The Kier molecular flexibility index (Phi) is 4.99. The van der Waals surface area contributed by atoms with Crippen molar-refractivity contribution in [3.63, 3.8) is 0 Å². The first kappa shape index (κ1) is 17.0. The number of nitrogens with zero attached hydrogens (tertiary/aromatic N) is 3. The second-order valence-corrected chi connectivity index (χ2v) is 6.59. The predicted octanol–water partition coefficient (Wildman–Crippen LogP) is 1.95. The van der Waals surface area contributed by atoms with Crippen molar-refractivity contribution in [2.45, 2.75) is 13.1 Å². The zero-order valence-corrected chi connectivity index (χ0v) is 14.7. The summed E-state index contributed by atoms with van der Waals surface area (Å²) >= 11 is 1.42. The van der Waals surface area contributed by atoms with Crippen LogP contribution in [0.5, 0.6) is 0 Å². The van der Waals surface area contributed by atoms with Crippen LogP contribution in [0.3, 0.4) is 0 Å². The van der Waals surface area contributed by atoms with E-state index in [1.54, 1.807) is 6.07 Å². The molecule has 2 heterocycles. The highest BCUT2D eigenvalue weighted by Gasteiger charge is 2.13. The van der Waals surface area contributed by atoms with E-state index < -0.39 is 5.76 Å². The molecule has 8 heteroatoms. The Hall–Kier alpha value is -2.87. The highest BCUT2D eigenvalue weighted by Crippen LogP contribution is 2.20. The van der Waals surface area contributed by atoms with Crippen LogP contribution in [0, 0.1) is 0 Å². The summed E-state index contributed by atoms with van der Waals surface area (Å²) in [6.45, 7) is 0.209. The van der Waals surface area contributed by atoms with Crippen LogP contribution in [0.2, 0.25) is 0 Å². The van der Waals surface area contributed by atoms with E-state index in [4.69, 9.17) is 4.42 Å². The van der Waals surface area contributed by atoms with Gasteiger partial charge >= 0.3 is 5.76 Å². The number of anilines is 1. The van der Waals surface area contributed by atoms with E-state index in [9.17, 15) is 9.59 Å². The van der Waals surface area contributed by atoms with Gasteiger partial charge in [0.1, 0.15) is 6.54 Å². The van der Waals surface area contributed by atoms with Crippen LogP contribution in [-0.2, 0) is 17.9 Å². The van der Waals surface area contributed by atoms with E-state index in [1.807, 2.05) is 54.7 Å². The third-order valence-electron chi connectivity index (χ3n) is 3.57. The van der Waals surface area contributed by atoms with Crippen LogP contribution in [0.25, 0.3) is 10.8 Å².